The van der Waals surface area contributed by atoms with E-state index in [1.54, 1.807) is 19.9 Å². The molecule has 3 rings (SSSR count). The minimum absolute atomic E-state index is 0.116. The van der Waals surface area contributed by atoms with Crippen molar-refractivity contribution in [2.45, 2.75) is 45.1 Å². The predicted octanol–water partition coefficient (Wildman–Crippen LogP) is 1.71. The van der Waals surface area contributed by atoms with Gasteiger partial charge in [-0.15, -0.1) is 0 Å². The lowest BCUT2D eigenvalue weighted by Crippen LogP contribution is -2.43. The smallest absolute Gasteiger partial charge is 0.246 e. The zero-order valence-electron chi connectivity index (χ0n) is 15.7. The number of benzene rings is 1. The molecule has 0 bridgehead atoms. The van der Waals surface area contributed by atoms with Gasteiger partial charge in [-0.2, -0.15) is 9.29 Å². The van der Waals surface area contributed by atoms with E-state index in [2.05, 4.69) is 15.5 Å². The van der Waals surface area contributed by atoms with E-state index >= 15 is 0 Å². The number of hydrogen-bond donors (Lipinski definition) is 1. The number of nitrogens with zero attached hydrogens (tertiary/aromatic N) is 3. The van der Waals surface area contributed by atoms with Crippen LogP contribution in [-0.2, 0) is 21.4 Å². The highest BCUT2D eigenvalue weighted by molar-refractivity contribution is 7.89. The molecule has 2 aromatic rings. The molecule has 1 aliphatic rings. The van der Waals surface area contributed by atoms with Gasteiger partial charge in [0.05, 0.1) is 11.4 Å². The van der Waals surface area contributed by atoms with E-state index < -0.39 is 10.0 Å². The summed E-state index contributed by atoms with van der Waals surface area (Å²) < 4.78 is 32.3. The van der Waals surface area contributed by atoms with E-state index in [0.717, 1.165) is 11.1 Å². The first-order valence-corrected chi connectivity index (χ1v) is 10.4. The molecule has 9 heteroatoms. The van der Waals surface area contributed by atoms with Crippen LogP contribution in [0.15, 0.2) is 27.6 Å². The zero-order valence-corrected chi connectivity index (χ0v) is 16.5. The molecule has 1 aromatic heterocycles. The average molecular weight is 392 g/mol. The number of hydrogen-bond acceptors (Lipinski definition) is 6. The second kappa shape index (κ2) is 7.77. The third-order valence-corrected chi connectivity index (χ3v) is 6.81. The number of sulfonamides is 1. The van der Waals surface area contributed by atoms with Gasteiger partial charge in [0.25, 0.3) is 0 Å². The fraction of sp³-hybridized carbons (Fsp3) is 0.500. The molecule has 0 unspecified atom stereocenters. The summed E-state index contributed by atoms with van der Waals surface area (Å²) in [6.07, 6.45) is 0.970. The quantitative estimate of drug-likeness (QED) is 0.830. The molecule has 27 heavy (non-hydrogen) atoms. The Morgan fingerprint density at radius 2 is 1.96 bits per heavy atom. The summed E-state index contributed by atoms with van der Waals surface area (Å²) in [4.78, 5) is 16.7. The third kappa shape index (κ3) is 4.36. The number of aryl methyl sites for hydroxylation is 3. The molecule has 1 aliphatic heterocycles. The lowest BCUT2D eigenvalue weighted by Gasteiger charge is -2.31. The molecular formula is C18H24N4O4S. The monoisotopic (exact) mass is 392 g/mol. The lowest BCUT2D eigenvalue weighted by atomic mass is 9.97. The van der Waals surface area contributed by atoms with Gasteiger partial charge in [-0.1, -0.05) is 17.3 Å². The van der Waals surface area contributed by atoms with Crippen molar-refractivity contribution in [3.63, 3.8) is 0 Å². The van der Waals surface area contributed by atoms with Crippen LogP contribution in [0.2, 0.25) is 0 Å². The first-order chi connectivity index (χ1) is 12.8. The molecule has 146 valence electrons. The first kappa shape index (κ1) is 19.5. The molecule has 0 atom stereocenters. The van der Waals surface area contributed by atoms with Crippen molar-refractivity contribution in [3.05, 3.63) is 41.0 Å². The minimum Gasteiger partial charge on any atom is -0.347 e. The van der Waals surface area contributed by atoms with Gasteiger partial charge in [0.1, 0.15) is 0 Å². The minimum atomic E-state index is -3.55. The fourth-order valence-corrected chi connectivity index (χ4v) is 4.98. The first-order valence-electron chi connectivity index (χ1n) is 8.91. The Balaban J connectivity index is 1.59. The van der Waals surface area contributed by atoms with Crippen molar-refractivity contribution in [2.75, 3.05) is 13.1 Å². The van der Waals surface area contributed by atoms with E-state index in [4.69, 9.17) is 4.52 Å². The number of carbonyl (C=O) groups excluding carboxylic acids is 1. The Morgan fingerprint density at radius 3 is 2.59 bits per heavy atom. The Morgan fingerprint density at radius 1 is 1.26 bits per heavy atom. The average Bonchev–Trinajstić information content (AvgIpc) is 3.07. The van der Waals surface area contributed by atoms with Crippen LogP contribution in [0.4, 0.5) is 0 Å². The number of amides is 1. The molecule has 0 saturated carbocycles. The summed E-state index contributed by atoms with van der Waals surface area (Å²) in [6.45, 7) is 6.22. The molecule has 1 saturated heterocycles. The van der Waals surface area contributed by atoms with Crippen LogP contribution < -0.4 is 5.32 Å². The van der Waals surface area contributed by atoms with Gasteiger partial charge in [-0.25, -0.2) is 8.42 Å². The van der Waals surface area contributed by atoms with Crippen molar-refractivity contribution < 1.29 is 17.7 Å². The maximum atomic E-state index is 12.9. The van der Waals surface area contributed by atoms with Crippen molar-refractivity contribution in [1.29, 1.82) is 0 Å². The topological polar surface area (TPSA) is 105 Å². The normalized spacial score (nSPS) is 16.4. The fourth-order valence-electron chi connectivity index (χ4n) is 3.20. The summed E-state index contributed by atoms with van der Waals surface area (Å²) in [5.74, 6) is 0.536. The molecule has 0 spiro atoms. The summed E-state index contributed by atoms with van der Waals surface area (Å²) in [6, 6.07) is 5.42. The van der Waals surface area contributed by atoms with Gasteiger partial charge >= 0.3 is 0 Å². The number of piperidine rings is 1. The van der Waals surface area contributed by atoms with Gasteiger partial charge in [-0.3, -0.25) is 4.79 Å². The number of rotatable bonds is 5. The second-order valence-electron chi connectivity index (χ2n) is 6.90. The van der Waals surface area contributed by atoms with Gasteiger partial charge < -0.3 is 9.84 Å². The Labute approximate surface area is 159 Å². The molecule has 1 amide bonds. The van der Waals surface area contributed by atoms with Gasteiger partial charge in [0.2, 0.25) is 21.8 Å². The summed E-state index contributed by atoms with van der Waals surface area (Å²) in [7, 11) is -3.55. The molecular weight excluding hydrogens is 368 g/mol. The number of aromatic nitrogens is 2. The Hall–Kier alpha value is -2.26. The van der Waals surface area contributed by atoms with Gasteiger partial charge in [0, 0.05) is 19.0 Å². The van der Waals surface area contributed by atoms with Crippen molar-refractivity contribution in [3.8, 4) is 0 Å². The predicted molar refractivity (Wildman–Crippen MR) is 98.3 cm³/mol. The van der Waals surface area contributed by atoms with Gasteiger partial charge in [0.15, 0.2) is 5.82 Å². The Kier molecular flexibility index (Phi) is 5.61. The van der Waals surface area contributed by atoms with E-state index in [1.807, 2.05) is 19.1 Å². The number of carbonyl (C=O) groups is 1. The van der Waals surface area contributed by atoms with Crippen LogP contribution >= 0.6 is 0 Å². The van der Waals surface area contributed by atoms with Crippen LogP contribution in [0, 0.1) is 26.7 Å². The zero-order chi connectivity index (χ0) is 19.6. The van der Waals surface area contributed by atoms with Crippen molar-refractivity contribution >= 4 is 15.9 Å². The molecule has 0 aliphatic carbocycles. The van der Waals surface area contributed by atoms with E-state index in [0.29, 0.717) is 42.5 Å². The van der Waals surface area contributed by atoms with E-state index in [1.165, 1.54) is 4.31 Å². The Bertz CT molecular complexity index is 931. The van der Waals surface area contributed by atoms with E-state index in [9.17, 15) is 13.2 Å². The number of nitrogens with one attached hydrogen (secondary N) is 1. The highest BCUT2D eigenvalue weighted by Gasteiger charge is 2.32. The lowest BCUT2D eigenvalue weighted by molar-refractivity contribution is -0.126. The highest BCUT2D eigenvalue weighted by atomic mass is 32.2. The molecule has 8 nitrogen and oxygen atoms in total. The standard InChI is InChI=1S/C18H24N4O4S/c1-12-4-5-13(2)16(10-12)27(24,25)22-8-6-15(7-9-22)18(23)19-11-17-20-14(3)21-26-17/h4-5,10,15H,6-9,11H2,1-3H3,(H,19,23). The second-order valence-corrected chi connectivity index (χ2v) is 8.81. The van der Waals surface area contributed by atoms with Gasteiger partial charge in [-0.05, 0) is 50.8 Å². The van der Waals surface area contributed by atoms with E-state index in [-0.39, 0.29) is 18.4 Å². The largest absolute Gasteiger partial charge is 0.347 e. The molecule has 1 N–H and O–H groups in total. The summed E-state index contributed by atoms with van der Waals surface area (Å²) in [5, 5.41) is 6.46. The van der Waals surface area contributed by atoms with Crippen LogP contribution in [0.3, 0.4) is 0 Å². The molecule has 0 radical (unpaired) electrons. The molecule has 1 fully saturated rings. The van der Waals surface area contributed by atoms with Crippen LogP contribution in [-0.4, -0.2) is 41.9 Å². The maximum Gasteiger partial charge on any atom is 0.246 e. The molecule has 1 aromatic carbocycles. The van der Waals surface area contributed by atoms with Crippen molar-refractivity contribution in [1.82, 2.24) is 19.8 Å². The summed E-state index contributed by atoms with van der Waals surface area (Å²) in [5.41, 5.74) is 1.64. The maximum absolute atomic E-state index is 12.9. The molecule has 2 heterocycles. The third-order valence-electron chi connectivity index (χ3n) is 4.77. The van der Waals surface area contributed by atoms with Crippen LogP contribution in [0.25, 0.3) is 0 Å². The highest BCUT2D eigenvalue weighted by Crippen LogP contribution is 2.26. The SMILES string of the molecule is Cc1ccc(C)c(S(=O)(=O)N2CCC(C(=O)NCc3nc(C)no3)CC2)c1. The van der Waals surface area contributed by atoms with Crippen molar-refractivity contribution in [2.24, 2.45) is 5.92 Å². The van der Waals surface area contributed by atoms with Crippen LogP contribution in [0.5, 0.6) is 0 Å². The summed E-state index contributed by atoms with van der Waals surface area (Å²) >= 11 is 0. The van der Waals surface area contributed by atoms with Crippen LogP contribution in [0.1, 0.15) is 35.7 Å².